The predicted molar refractivity (Wildman–Crippen MR) is 103 cm³/mol. The Kier molecular flexibility index (Phi) is 4.58. The van der Waals surface area contributed by atoms with Gasteiger partial charge in [0.25, 0.3) is 0 Å². The number of piperidine rings is 1. The molecule has 7 heteroatoms. The SMILES string of the molecule is O=C(Cc1ccccc1F)N1[C@@H]2CC[C@H]1CC(c1nc(-c3cccnc3)no1)C2. The van der Waals surface area contributed by atoms with E-state index in [-0.39, 0.29) is 36.1 Å². The Morgan fingerprint density at radius 3 is 2.66 bits per heavy atom. The average Bonchev–Trinajstić information content (AvgIpc) is 3.33. The zero-order valence-corrected chi connectivity index (χ0v) is 15.9. The van der Waals surface area contributed by atoms with Gasteiger partial charge in [0.05, 0.1) is 6.42 Å². The van der Waals surface area contributed by atoms with E-state index in [1.54, 1.807) is 30.6 Å². The van der Waals surface area contributed by atoms with Crippen molar-refractivity contribution in [2.75, 3.05) is 0 Å². The minimum atomic E-state index is -0.322. The van der Waals surface area contributed by atoms with Crippen molar-refractivity contribution in [1.82, 2.24) is 20.0 Å². The van der Waals surface area contributed by atoms with Crippen LogP contribution in [0.1, 0.15) is 43.1 Å². The fourth-order valence-electron chi connectivity index (χ4n) is 4.70. The molecule has 2 aliphatic rings. The molecule has 2 aromatic heterocycles. The van der Waals surface area contributed by atoms with Crippen LogP contribution < -0.4 is 0 Å². The number of carbonyl (C=O) groups is 1. The van der Waals surface area contributed by atoms with Crippen molar-refractivity contribution in [2.24, 2.45) is 0 Å². The zero-order chi connectivity index (χ0) is 19.8. The number of carbonyl (C=O) groups excluding carboxylic acids is 1. The molecule has 3 atom stereocenters. The third-order valence-corrected chi connectivity index (χ3v) is 6.03. The van der Waals surface area contributed by atoms with E-state index in [1.165, 1.54) is 6.07 Å². The van der Waals surface area contributed by atoms with Gasteiger partial charge in [-0.3, -0.25) is 9.78 Å². The van der Waals surface area contributed by atoms with E-state index in [0.29, 0.717) is 17.3 Å². The van der Waals surface area contributed by atoms with Crippen LogP contribution in [0.15, 0.2) is 53.3 Å². The quantitative estimate of drug-likeness (QED) is 0.676. The lowest BCUT2D eigenvalue weighted by atomic mass is 9.90. The Hall–Kier alpha value is -3.09. The number of fused-ring (bicyclic) bond motifs is 2. The van der Waals surface area contributed by atoms with Crippen molar-refractivity contribution in [3.63, 3.8) is 0 Å². The van der Waals surface area contributed by atoms with Gasteiger partial charge in [0.2, 0.25) is 17.6 Å². The van der Waals surface area contributed by atoms with Crippen molar-refractivity contribution in [3.8, 4) is 11.4 Å². The highest BCUT2D eigenvalue weighted by molar-refractivity contribution is 5.80. The largest absolute Gasteiger partial charge is 0.339 e. The van der Waals surface area contributed by atoms with E-state index in [2.05, 4.69) is 15.1 Å². The molecule has 2 bridgehead atoms. The van der Waals surface area contributed by atoms with Gasteiger partial charge in [-0.25, -0.2) is 4.39 Å². The molecular weight excluding hydrogens is 371 g/mol. The number of pyridine rings is 1. The van der Waals surface area contributed by atoms with Gasteiger partial charge in [-0.15, -0.1) is 0 Å². The Labute approximate surface area is 167 Å². The van der Waals surface area contributed by atoms with Gasteiger partial charge >= 0.3 is 0 Å². The summed E-state index contributed by atoms with van der Waals surface area (Å²) in [6, 6.07) is 10.5. The minimum Gasteiger partial charge on any atom is -0.339 e. The first kappa shape index (κ1) is 18.0. The van der Waals surface area contributed by atoms with Crippen LogP contribution in [0.5, 0.6) is 0 Å². The van der Waals surface area contributed by atoms with Gasteiger partial charge in [0.15, 0.2) is 0 Å². The third kappa shape index (κ3) is 3.41. The van der Waals surface area contributed by atoms with Crippen molar-refractivity contribution in [2.45, 2.75) is 50.1 Å². The summed E-state index contributed by atoms with van der Waals surface area (Å²) in [4.78, 5) is 23.6. The van der Waals surface area contributed by atoms with E-state index in [4.69, 9.17) is 4.52 Å². The number of amides is 1. The topological polar surface area (TPSA) is 72.1 Å². The number of halogens is 1. The van der Waals surface area contributed by atoms with Gasteiger partial charge in [-0.2, -0.15) is 4.98 Å². The van der Waals surface area contributed by atoms with E-state index in [9.17, 15) is 9.18 Å². The number of aromatic nitrogens is 3. The monoisotopic (exact) mass is 392 g/mol. The maximum absolute atomic E-state index is 13.9. The summed E-state index contributed by atoms with van der Waals surface area (Å²) in [6.07, 6.45) is 7.05. The highest BCUT2D eigenvalue weighted by atomic mass is 19.1. The normalized spacial score (nSPS) is 23.3. The molecule has 1 amide bonds. The summed E-state index contributed by atoms with van der Waals surface area (Å²) in [5.74, 6) is 0.989. The molecule has 1 aromatic carbocycles. The molecule has 1 unspecified atom stereocenters. The second-order valence-electron chi connectivity index (χ2n) is 7.82. The van der Waals surface area contributed by atoms with E-state index < -0.39 is 0 Å². The maximum atomic E-state index is 13.9. The molecule has 0 spiro atoms. The summed E-state index contributed by atoms with van der Waals surface area (Å²) in [6.45, 7) is 0. The molecule has 0 N–H and O–H groups in total. The Balaban J connectivity index is 1.30. The van der Waals surface area contributed by atoms with Crippen LogP contribution >= 0.6 is 0 Å². The van der Waals surface area contributed by atoms with Crippen molar-refractivity contribution >= 4 is 5.91 Å². The molecule has 2 fully saturated rings. The molecule has 2 aliphatic heterocycles. The number of nitrogens with zero attached hydrogens (tertiary/aromatic N) is 4. The van der Waals surface area contributed by atoms with Crippen molar-refractivity contribution in [1.29, 1.82) is 0 Å². The van der Waals surface area contributed by atoms with Crippen LogP contribution in [0.4, 0.5) is 4.39 Å². The summed E-state index contributed by atoms with van der Waals surface area (Å²) < 4.78 is 19.5. The van der Waals surface area contributed by atoms with Crippen LogP contribution in [-0.4, -0.2) is 38.0 Å². The molecule has 0 aliphatic carbocycles. The molecule has 4 heterocycles. The first-order chi connectivity index (χ1) is 14.2. The number of benzene rings is 1. The highest BCUT2D eigenvalue weighted by Crippen LogP contribution is 2.43. The Bertz CT molecular complexity index is 1010. The van der Waals surface area contributed by atoms with Gasteiger partial charge < -0.3 is 9.42 Å². The molecule has 148 valence electrons. The molecule has 6 nitrogen and oxygen atoms in total. The third-order valence-electron chi connectivity index (χ3n) is 6.03. The lowest BCUT2D eigenvalue weighted by Gasteiger charge is -2.38. The lowest BCUT2D eigenvalue weighted by Crippen LogP contribution is -2.46. The molecule has 2 saturated heterocycles. The van der Waals surface area contributed by atoms with Crippen LogP contribution in [0.3, 0.4) is 0 Å². The first-order valence-corrected chi connectivity index (χ1v) is 9.97. The smallest absolute Gasteiger partial charge is 0.230 e. The van der Waals surface area contributed by atoms with Gasteiger partial charge in [-0.05, 0) is 49.4 Å². The van der Waals surface area contributed by atoms with Gasteiger partial charge in [-0.1, -0.05) is 23.4 Å². The average molecular weight is 392 g/mol. The number of hydrogen-bond acceptors (Lipinski definition) is 5. The second-order valence-corrected chi connectivity index (χ2v) is 7.82. The van der Waals surface area contributed by atoms with E-state index in [1.807, 2.05) is 17.0 Å². The molecule has 5 rings (SSSR count). The van der Waals surface area contributed by atoms with Gasteiger partial charge in [0.1, 0.15) is 5.82 Å². The van der Waals surface area contributed by atoms with E-state index in [0.717, 1.165) is 31.2 Å². The fraction of sp³-hybridized carbons (Fsp3) is 0.364. The van der Waals surface area contributed by atoms with Crippen molar-refractivity contribution in [3.05, 3.63) is 66.1 Å². The van der Waals surface area contributed by atoms with Crippen LogP contribution in [0.25, 0.3) is 11.4 Å². The van der Waals surface area contributed by atoms with Crippen LogP contribution in [0, 0.1) is 5.82 Å². The van der Waals surface area contributed by atoms with E-state index >= 15 is 0 Å². The van der Waals surface area contributed by atoms with Crippen LogP contribution in [-0.2, 0) is 11.2 Å². The number of rotatable bonds is 4. The molecule has 0 radical (unpaired) electrons. The first-order valence-electron chi connectivity index (χ1n) is 9.97. The van der Waals surface area contributed by atoms with Gasteiger partial charge in [0, 0.05) is 36.0 Å². The van der Waals surface area contributed by atoms with Crippen LogP contribution in [0.2, 0.25) is 0 Å². The molecule has 0 saturated carbocycles. The summed E-state index contributed by atoms with van der Waals surface area (Å²) in [5.41, 5.74) is 1.28. The lowest BCUT2D eigenvalue weighted by molar-refractivity contribution is -0.135. The molecule has 3 aromatic rings. The standard InChI is InChI=1S/C22H21FN4O2/c23-19-6-2-1-4-14(19)12-20(28)27-17-7-8-18(27)11-16(10-17)22-25-21(26-29-22)15-5-3-9-24-13-15/h1-6,9,13,16-18H,7-8,10-12H2/t16?,17-,18+. The maximum Gasteiger partial charge on any atom is 0.230 e. The zero-order valence-electron chi connectivity index (χ0n) is 15.9. The minimum absolute atomic E-state index is 0.00243. The second kappa shape index (κ2) is 7.39. The predicted octanol–water partition coefficient (Wildman–Crippen LogP) is 3.75. The summed E-state index contributed by atoms with van der Waals surface area (Å²) in [5, 5.41) is 4.10. The Morgan fingerprint density at radius 2 is 1.93 bits per heavy atom. The summed E-state index contributed by atoms with van der Waals surface area (Å²) in [7, 11) is 0. The van der Waals surface area contributed by atoms with Crippen molar-refractivity contribution < 1.29 is 13.7 Å². The summed E-state index contributed by atoms with van der Waals surface area (Å²) >= 11 is 0. The Morgan fingerprint density at radius 1 is 1.14 bits per heavy atom. The molecular formula is C22H21FN4O2. The highest BCUT2D eigenvalue weighted by Gasteiger charge is 2.44. The molecule has 29 heavy (non-hydrogen) atoms. The fourth-order valence-corrected chi connectivity index (χ4v) is 4.70. The number of hydrogen-bond donors (Lipinski definition) is 0.